The predicted octanol–water partition coefficient (Wildman–Crippen LogP) is -1.07. The van der Waals surface area contributed by atoms with E-state index in [2.05, 4.69) is 9.47 Å². The number of phosphoric acid groups is 1. The molecule has 17 heavy (non-hydrogen) atoms. The zero-order valence-electron chi connectivity index (χ0n) is 8.95. The molecule has 0 aromatic rings. The molecule has 0 aliphatic carbocycles. The summed E-state index contributed by atoms with van der Waals surface area (Å²) in [5, 5.41) is 0. The number of ether oxygens (including phenoxy) is 2. The summed E-state index contributed by atoms with van der Waals surface area (Å²) in [4.78, 5) is 42.8. The molecule has 0 atom stereocenters. The Morgan fingerprint density at radius 2 is 1.24 bits per heavy atom. The van der Waals surface area contributed by atoms with Gasteiger partial charge < -0.3 is 24.2 Å². The third-order valence-corrected chi connectivity index (χ3v) is 0.899. The Bertz CT molecular complexity index is 238. The fraction of sp³-hybridized carbons (Fsp3) is 0.714. The van der Waals surface area contributed by atoms with E-state index in [-0.39, 0.29) is 71.0 Å². The summed E-state index contributed by atoms with van der Waals surface area (Å²) in [6.45, 7) is 3.95. The van der Waals surface area contributed by atoms with Crippen molar-refractivity contribution in [1.82, 2.24) is 0 Å². The molecular weight excluding hydrogens is 282 g/mol. The number of esters is 2. The van der Waals surface area contributed by atoms with Gasteiger partial charge in [0.2, 0.25) is 0 Å². The normalized spacial score (nSPS) is 9.24. The summed E-state index contributed by atoms with van der Waals surface area (Å²) >= 11 is 0. The van der Waals surface area contributed by atoms with E-state index in [0.717, 1.165) is 0 Å². The zero-order chi connectivity index (χ0) is 13.2. The van der Waals surface area contributed by atoms with E-state index in [4.69, 9.17) is 19.2 Å². The van der Waals surface area contributed by atoms with Gasteiger partial charge in [-0.2, -0.15) is 0 Å². The molecule has 8 nitrogen and oxygen atoms in total. The first-order valence-electron chi connectivity index (χ1n) is 4.30. The summed E-state index contributed by atoms with van der Waals surface area (Å²) < 4.78 is 17.9. The van der Waals surface area contributed by atoms with Crippen molar-refractivity contribution in [1.29, 1.82) is 0 Å². The van der Waals surface area contributed by atoms with Gasteiger partial charge in [-0.25, -0.2) is 4.57 Å². The van der Waals surface area contributed by atoms with Crippen LogP contribution in [0.5, 0.6) is 0 Å². The Kier molecular flexibility index (Phi) is 17.6. The second-order valence-corrected chi connectivity index (χ2v) is 3.33. The third kappa shape index (κ3) is 31.5. The number of rotatable bonds is 4. The van der Waals surface area contributed by atoms with Gasteiger partial charge in [0, 0.05) is 0 Å². The molecule has 3 N–H and O–H groups in total. The van der Waals surface area contributed by atoms with Crippen LogP contribution < -0.4 is 0 Å². The van der Waals surface area contributed by atoms with Crippen LogP contribution in [-0.2, 0) is 23.6 Å². The van der Waals surface area contributed by atoms with E-state index in [1.165, 1.54) is 0 Å². The van der Waals surface area contributed by atoms with Gasteiger partial charge in [-0.3, -0.25) is 9.59 Å². The Hall–Kier alpha value is 0.686. The Morgan fingerprint density at radius 3 is 1.41 bits per heavy atom. The van der Waals surface area contributed by atoms with E-state index in [1.807, 2.05) is 0 Å². The second kappa shape index (κ2) is 13.1. The molecule has 0 unspecified atom stereocenters. The molecule has 0 amide bonds. The summed E-state index contributed by atoms with van der Waals surface area (Å²) in [7, 11) is -4.64. The molecule has 0 aliphatic rings. The number of carbonyl (C=O) groups is 2. The average Bonchev–Trinajstić information content (AvgIpc) is 2.00. The molecule has 0 saturated heterocycles. The van der Waals surface area contributed by atoms with Crippen molar-refractivity contribution in [3.8, 4) is 0 Å². The topological polar surface area (TPSA) is 130 Å². The summed E-state index contributed by atoms with van der Waals surface area (Å²) in [5.74, 6) is -1.07. The molecule has 98 valence electrons. The quantitative estimate of drug-likeness (QED) is 0.259. The summed E-state index contributed by atoms with van der Waals surface area (Å²) in [6.07, 6.45) is -0.290. The minimum absolute atomic E-state index is 0. The summed E-state index contributed by atoms with van der Waals surface area (Å²) in [6, 6.07) is 0. The first-order chi connectivity index (χ1) is 7.20. The molecule has 0 saturated carbocycles. The van der Waals surface area contributed by atoms with Gasteiger partial charge in [0.05, 0.1) is 13.2 Å². The van der Waals surface area contributed by atoms with Crippen LogP contribution in [0.25, 0.3) is 0 Å². The van der Waals surface area contributed by atoms with Crippen molar-refractivity contribution in [3.05, 3.63) is 0 Å². The Balaban J connectivity index is -0.000000280. The van der Waals surface area contributed by atoms with E-state index in [0.29, 0.717) is 0 Å². The number of carbonyl (C=O) groups excluding carboxylic acids is 2. The first kappa shape index (κ1) is 22.8. The van der Waals surface area contributed by atoms with Gasteiger partial charge in [-0.1, -0.05) is 0 Å². The van der Waals surface area contributed by atoms with Crippen molar-refractivity contribution >= 4 is 71.1 Å². The van der Waals surface area contributed by atoms with E-state index in [9.17, 15) is 9.59 Å². The van der Waals surface area contributed by atoms with Crippen LogP contribution in [0, 0.1) is 0 Å². The van der Waals surface area contributed by atoms with Gasteiger partial charge >= 0.3 is 71.1 Å². The van der Waals surface area contributed by atoms with E-state index >= 15 is 0 Å². The van der Waals surface area contributed by atoms with Gasteiger partial charge in [-0.15, -0.1) is 0 Å². The van der Waals surface area contributed by atoms with Crippen LogP contribution in [0.1, 0.15) is 20.3 Å². The van der Waals surface area contributed by atoms with Crippen LogP contribution in [0.2, 0.25) is 0 Å². The van der Waals surface area contributed by atoms with Crippen LogP contribution in [0.15, 0.2) is 0 Å². The van der Waals surface area contributed by atoms with Gasteiger partial charge in [-0.05, 0) is 13.8 Å². The van der Waals surface area contributed by atoms with Crippen molar-refractivity contribution in [2.75, 3.05) is 13.2 Å². The molecule has 10 heteroatoms. The Morgan fingerprint density at radius 1 is 1.00 bits per heavy atom. The minimum atomic E-state index is -4.64. The van der Waals surface area contributed by atoms with Crippen molar-refractivity contribution in [2.45, 2.75) is 20.3 Å². The molecule has 0 bridgehead atoms. The average molecular weight is 298 g/mol. The van der Waals surface area contributed by atoms with Crippen molar-refractivity contribution in [3.63, 3.8) is 0 Å². The van der Waals surface area contributed by atoms with Gasteiger partial charge in [0.25, 0.3) is 0 Å². The van der Waals surface area contributed by atoms with E-state index < -0.39 is 19.8 Å². The maximum absolute atomic E-state index is 10.6. The first-order valence-corrected chi connectivity index (χ1v) is 5.86. The van der Waals surface area contributed by atoms with Crippen molar-refractivity contribution < 1.29 is 38.3 Å². The Labute approximate surface area is 141 Å². The standard InChI is InChI=1S/C7H12O4.K.H3O4P.H/c1-3-10-6(8)5-7(9)11-4-2;;1-5(2,3)4;/h3-5H2,1-2H3;;(H3,1,2,3,4);. The monoisotopic (exact) mass is 298 g/mol. The molecule has 0 aliphatic heterocycles. The number of hydrogen-bond donors (Lipinski definition) is 3. The van der Waals surface area contributed by atoms with Crippen molar-refractivity contribution in [2.24, 2.45) is 0 Å². The van der Waals surface area contributed by atoms with Gasteiger partial charge in [0.1, 0.15) is 6.42 Å². The SMILES string of the molecule is CCOC(=O)CC(=O)OCC.O=P(O)(O)O.[KH]. The molecular formula is C7H16KO8P. The maximum atomic E-state index is 10.6. The van der Waals surface area contributed by atoms with E-state index in [1.54, 1.807) is 13.8 Å². The zero-order valence-corrected chi connectivity index (χ0v) is 9.85. The molecule has 0 aromatic heterocycles. The predicted molar refractivity (Wildman–Crippen MR) is 59.3 cm³/mol. The van der Waals surface area contributed by atoms with Crippen LogP contribution in [0.3, 0.4) is 0 Å². The number of hydrogen-bond acceptors (Lipinski definition) is 5. The van der Waals surface area contributed by atoms with Crippen LogP contribution in [0.4, 0.5) is 0 Å². The summed E-state index contributed by atoms with van der Waals surface area (Å²) in [5.41, 5.74) is 0. The molecule has 0 spiro atoms. The fourth-order valence-electron chi connectivity index (χ4n) is 0.542. The molecule has 0 aromatic carbocycles. The van der Waals surface area contributed by atoms with Gasteiger partial charge in [0.15, 0.2) is 0 Å². The molecule has 0 radical (unpaired) electrons. The molecule has 0 heterocycles. The molecule has 0 fully saturated rings. The molecule has 0 rings (SSSR count). The van der Waals surface area contributed by atoms with Crippen LogP contribution in [-0.4, -0.2) is 91.2 Å². The fourth-order valence-corrected chi connectivity index (χ4v) is 0.542. The van der Waals surface area contributed by atoms with Crippen LogP contribution >= 0.6 is 7.82 Å². The third-order valence-electron chi connectivity index (χ3n) is 0.899. The second-order valence-electron chi connectivity index (χ2n) is 2.30.